The van der Waals surface area contributed by atoms with Gasteiger partial charge in [0, 0.05) is 11.6 Å². The van der Waals surface area contributed by atoms with E-state index in [-0.39, 0.29) is 0 Å². The van der Waals surface area contributed by atoms with Gasteiger partial charge in [-0.25, -0.2) is 15.0 Å². The zero-order valence-electron chi connectivity index (χ0n) is 9.34. The number of fused-ring (bicyclic) bond motifs is 1. The fourth-order valence-electron chi connectivity index (χ4n) is 1.71. The van der Waals surface area contributed by atoms with Crippen LogP contribution in [0.2, 0.25) is 5.15 Å². The molecule has 0 saturated carbocycles. The van der Waals surface area contributed by atoms with E-state index >= 15 is 0 Å². The Morgan fingerprint density at radius 1 is 0.944 bits per heavy atom. The zero-order chi connectivity index (χ0) is 12.4. The molecule has 2 heterocycles. The van der Waals surface area contributed by atoms with Crippen LogP contribution < -0.4 is 5.32 Å². The molecule has 0 amide bonds. The standard InChI is InChI=1S/C13H9ClN4/c14-12-11(6-3-7-15-12)18-13-9-4-1-2-5-10(9)16-8-17-13/h1-8H,(H,16,17,18). The van der Waals surface area contributed by atoms with Crippen molar-refractivity contribution in [2.45, 2.75) is 0 Å². The molecule has 3 rings (SSSR count). The third-order valence-electron chi connectivity index (χ3n) is 2.55. The normalized spacial score (nSPS) is 10.5. The van der Waals surface area contributed by atoms with Crippen molar-refractivity contribution in [2.24, 2.45) is 0 Å². The number of para-hydroxylation sites is 1. The summed E-state index contributed by atoms with van der Waals surface area (Å²) in [5.74, 6) is 0.718. The Kier molecular flexibility index (Phi) is 2.78. The van der Waals surface area contributed by atoms with E-state index in [0.717, 1.165) is 22.4 Å². The number of benzene rings is 1. The minimum atomic E-state index is 0.417. The van der Waals surface area contributed by atoms with Crippen LogP contribution in [0.25, 0.3) is 10.9 Å². The molecule has 88 valence electrons. The number of hydrogen-bond acceptors (Lipinski definition) is 4. The highest BCUT2D eigenvalue weighted by Gasteiger charge is 2.05. The van der Waals surface area contributed by atoms with Crippen LogP contribution >= 0.6 is 11.6 Å². The molecule has 0 aliphatic rings. The Hall–Kier alpha value is -2.20. The van der Waals surface area contributed by atoms with Crippen LogP contribution in [0.1, 0.15) is 0 Å². The first-order chi connectivity index (χ1) is 8.84. The lowest BCUT2D eigenvalue weighted by molar-refractivity contribution is 1.21. The van der Waals surface area contributed by atoms with Crippen LogP contribution in [0.5, 0.6) is 0 Å². The molecule has 0 saturated heterocycles. The second-order valence-electron chi connectivity index (χ2n) is 3.71. The highest BCUT2D eigenvalue weighted by molar-refractivity contribution is 6.32. The molecular weight excluding hydrogens is 248 g/mol. The highest BCUT2D eigenvalue weighted by Crippen LogP contribution is 2.25. The summed E-state index contributed by atoms with van der Waals surface area (Å²) in [6.07, 6.45) is 3.17. The zero-order valence-corrected chi connectivity index (χ0v) is 10.1. The van der Waals surface area contributed by atoms with Crippen molar-refractivity contribution in [3.8, 4) is 0 Å². The number of nitrogens with zero attached hydrogens (tertiary/aromatic N) is 3. The molecule has 18 heavy (non-hydrogen) atoms. The van der Waals surface area contributed by atoms with Gasteiger partial charge in [0.15, 0.2) is 5.15 Å². The van der Waals surface area contributed by atoms with E-state index in [1.54, 1.807) is 6.20 Å². The largest absolute Gasteiger partial charge is 0.337 e. The van der Waals surface area contributed by atoms with Gasteiger partial charge < -0.3 is 5.32 Å². The minimum Gasteiger partial charge on any atom is -0.337 e. The summed E-state index contributed by atoms with van der Waals surface area (Å²) in [7, 11) is 0. The third-order valence-corrected chi connectivity index (χ3v) is 2.86. The van der Waals surface area contributed by atoms with Gasteiger partial charge in [-0.15, -0.1) is 0 Å². The number of hydrogen-bond donors (Lipinski definition) is 1. The predicted molar refractivity (Wildman–Crippen MR) is 72.1 cm³/mol. The summed E-state index contributed by atoms with van der Waals surface area (Å²) < 4.78 is 0. The van der Waals surface area contributed by atoms with Crippen molar-refractivity contribution < 1.29 is 0 Å². The number of nitrogens with one attached hydrogen (secondary N) is 1. The Labute approximate surface area is 109 Å². The van der Waals surface area contributed by atoms with Crippen LogP contribution in [-0.2, 0) is 0 Å². The van der Waals surface area contributed by atoms with Crippen LogP contribution in [0, 0.1) is 0 Å². The number of halogens is 1. The summed E-state index contributed by atoms with van der Waals surface area (Å²) in [6.45, 7) is 0. The Morgan fingerprint density at radius 3 is 2.72 bits per heavy atom. The molecule has 4 nitrogen and oxygen atoms in total. The van der Waals surface area contributed by atoms with E-state index in [1.165, 1.54) is 6.33 Å². The first-order valence-electron chi connectivity index (χ1n) is 5.42. The monoisotopic (exact) mass is 256 g/mol. The van der Waals surface area contributed by atoms with E-state index in [0.29, 0.717) is 5.15 Å². The smallest absolute Gasteiger partial charge is 0.152 e. The predicted octanol–water partition coefficient (Wildman–Crippen LogP) is 3.42. The highest BCUT2D eigenvalue weighted by atomic mass is 35.5. The average Bonchev–Trinajstić information content (AvgIpc) is 2.42. The summed E-state index contributed by atoms with van der Waals surface area (Å²) in [4.78, 5) is 12.5. The van der Waals surface area contributed by atoms with Crippen LogP contribution in [0.4, 0.5) is 11.5 Å². The molecule has 0 radical (unpaired) electrons. The van der Waals surface area contributed by atoms with E-state index in [2.05, 4.69) is 20.3 Å². The molecule has 0 aliphatic carbocycles. The van der Waals surface area contributed by atoms with E-state index < -0.39 is 0 Å². The first-order valence-corrected chi connectivity index (χ1v) is 5.80. The number of anilines is 2. The van der Waals surface area contributed by atoms with Crippen molar-refractivity contribution in [3.05, 3.63) is 54.1 Å². The quantitative estimate of drug-likeness (QED) is 0.714. The van der Waals surface area contributed by atoms with Gasteiger partial charge in [0.05, 0.1) is 11.2 Å². The molecule has 0 fully saturated rings. The number of aromatic nitrogens is 3. The van der Waals surface area contributed by atoms with Gasteiger partial charge in [0.2, 0.25) is 0 Å². The van der Waals surface area contributed by atoms with E-state index in [9.17, 15) is 0 Å². The van der Waals surface area contributed by atoms with Gasteiger partial charge in [0.25, 0.3) is 0 Å². The molecule has 0 atom stereocenters. The van der Waals surface area contributed by atoms with Crippen molar-refractivity contribution in [1.82, 2.24) is 15.0 Å². The van der Waals surface area contributed by atoms with Crippen molar-refractivity contribution >= 4 is 34.0 Å². The van der Waals surface area contributed by atoms with Gasteiger partial charge in [-0.3, -0.25) is 0 Å². The molecule has 1 N–H and O–H groups in total. The lowest BCUT2D eigenvalue weighted by Gasteiger charge is -2.08. The molecule has 0 aliphatic heterocycles. The Balaban J connectivity index is 2.08. The number of rotatable bonds is 2. The molecule has 0 bridgehead atoms. The Morgan fingerprint density at radius 2 is 1.83 bits per heavy atom. The number of pyridine rings is 1. The van der Waals surface area contributed by atoms with Gasteiger partial charge in [0.1, 0.15) is 12.1 Å². The summed E-state index contributed by atoms with van der Waals surface area (Å²) in [5, 5.41) is 4.53. The Bertz CT molecular complexity index is 694. The molecule has 3 aromatic rings. The second-order valence-corrected chi connectivity index (χ2v) is 4.06. The maximum atomic E-state index is 6.01. The van der Waals surface area contributed by atoms with Crippen LogP contribution in [0.3, 0.4) is 0 Å². The first kappa shape index (κ1) is 10.9. The average molecular weight is 257 g/mol. The van der Waals surface area contributed by atoms with Crippen molar-refractivity contribution in [3.63, 3.8) is 0 Å². The molecule has 2 aromatic heterocycles. The SMILES string of the molecule is Clc1ncccc1Nc1ncnc2ccccc12. The topological polar surface area (TPSA) is 50.7 Å². The maximum Gasteiger partial charge on any atom is 0.152 e. The molecular formula is C13H9ClN4. The molecule has 1 aromatic carbocycles. The lowest BCUT2D eigenvalue weighted by atomic mass is 10.2. The van der Waals surface area contributed by atoms with Gasteiger partial charge in [-0.2, -0.15) is 0 Å². The minimum absolute atomic E-state index is 0.417. The van der Waals surface area contributed by atoms with Gasteiger partial charge in [-0.1, -0.05) is 23.7 Å². The van der Waals surface area contributed by atoms with Crippen LogP contribution in [-0.4, -0.2) is 15.0 Å². The summed E-state index contributed by atoms with van der Waals surface area (Å²) in [5.41, 5.74) is 1.61. The third kappa shape index (κ3) is 1.98. The maximum absolute atomic E-state index is 6.01. The summed E-state index contributed by atoms with van der Waals surface area (Å²) >= 11 is 6.01. The van der Waals surface area contributed by atoms with E-state index in [1.807, 2.05) is 36.4 Å². The van der Waals surface area contributed by atoms with Crippen LogP contribution in [0.15, 0.2) is 48.9 Å². The van der Waals surface area contributed by atoms with Crippen molar-refractivity contribution in [1.29, 1.82) is 0 Å². The van der Waals surface area contributed by atoms with Crippen molar-refractivity contribution in [2.75, 3.05) is 5.32 Å². The van der Waals surface area contributed by atoms with E-state index in [4.69, 9.17) is 11.6 Å². The summed E-state index contributed by atoms with van der Waals surface area (Å²) in [6, 6.07) is 11.5. The fraction of sp³-hybridized carbons (Fsp3) is 0. The van der Waals surface area contributed by atoms with Gasteiger partial charge in [-0.05, 0) is 24.3 Å². The molecule has 0 unspecified atom stereocenters. The fourth-order valence-corrected chi connectivity index (χ4v) is 1.88. The molecule has 0 spiro atoms. The second kappa shape index (κ2) is 4.58. The van der Waals surface area contributed by atoms with Gasteiger partial charge >= 0.3 is 0 Å². The molecule has 5 heteroatoms. The lowest BCUT2D eigenvalue weighted by Crippen LogP contribution is -1.97.